The summed E-state index contributed by atoms with van der Waals surface area (Å²) in [6.45, 7) is 3.56. The summed E-state index contributed by atoms with van der Waals surface area (Å²) in [5.41, 5.74) is 0.797. The Balaban J connectivity index is 2.06. The number of ether oxygens (including phenoxy) is 1. The molecule has 0 spiro atoms. The van der Waals surface area contributed by atoms with E-state index in [0.717, 1.165) is 4.88 Å². The third kappa shape index (κ3) is 4.11. The lowest BCUT2D eigenvalue weighted by Gasteiger charge is -2.08. The van der Waals surface area contributed by atoms with Gasteiger partial charge in [-0.1, -0.05) is 13.0 Å². The summed E-state index contributed by atoms with van der Waals surface area (Å²) in [6.07, 6.45) is 0.556. The van der Waals surface area contributed by atoms with Gasteiger partial charge in [-0.15, -0.1) is 11.3 Å². The van der Waals surface area contributed by atoms with Gasteiger partial charge >= 0.3 is 11.9 Å². The molecule has 1 amide bonds. The summed E-state index contributed by atoms with van der Waals surface area (Å²) >= 11 is 1.46. The Morgan fingerprint density at radius 3 is 2.81 bits per heavy atom. The molecule has 0 atom stereocenters. The molecule has 0 saturated carbocycles. The number of carbonyl (C=O) groups excluding carboxylic acids is 2. The predicted molar refractivity (Wildman–Crippen MR) is 99.9 cm³/mol. The van der Waals surface area contributed by atoms with Crippen LogP contribution in [-0.4, -0.2) is 38.2 Å². The highest BCUT2D eigenvalue weighted by atomic mass is 32.1. The van der Waals surface area contributed by atoms with Crippen molar-refractivity contribution >= 4 is 29.0 Å². The maximum absolute atomic E-state index is 12.1. The van der Waals surface area contributed by atoms with Crippen LogP contribution in [0.1, 0.15) is 19.5 Å². The van der Waals surface area contributed by atoms with E-state index in [-0.39, 0.29) is 23.9 Å². The summed E-state index contributed by atoms with van der Waals surface area (Å²) in [6, 6.07) is 6.73. The van der Waals surface area contributed by atoms with Gasteiger partial charge in [-0.2, -0.15) is 9.78 Å². The largest absolute Gasteiger partial charge is 0.459 e. The van der Waals surface area contributed by atoms with Crippen LogP contribution in [0.15, 0.2) is 34.4 Å². The van der Waals surface area contributed by atoms with Crippen molar-refractivity contribution in [3.8, 4) is 16.5 Å². The Bertz CT molecular complexity index is 1020. The van der Waals surface area contributed by atoms with Crippen molar-refractivity contribution in [1.82, 2.24) is 19.7 Å². The zero-order chi connectivity index (χ0) is 19.4. The van der Waals surface area contributed by atoms with Gasteiger partial charge in [-0.25, -0.2) is 9.78 Å². The van der Waals surface area contributed by atoms with Crippen LogP contribution in [-0.2, 0) is 20.7 Å². The van der Waals surface area contributed by atoms with Gasteiger partial charge in [0, 0.05) is 17.8 Å². The normalized spacial score (nSPS) is 10.6. The van der Waals surface area contributed by atoms with E-state index in [2.05, 4.69) is 20.4 Å². The second-order valence-corrected chi connectivity index (χ2v) is 6.34. The molecule has 0 aliphatic carbocycles. The zero-order valence-corrected chi connectivity index (χ0v) is 15.5. The highest BCUT2D eigenvalue weighted by Crippen LogP contribution is 2.27. The molecule has 27 heavy (non-hydrogen) atoms. The van der Waals surface area contributed by atoms with Crippen LogP contribution in [0.3, 0.4) is 0 Å². The van der Waals surface area contributed by atoms with Crippen LogP contribution >= 0.6 is 11.3 Å². The third-order valence-electron chi connectivity index (χ3n) is 3.53. The average molecular weight is 387 g/mol. The minimum absolute atomic E-state index is 0.0827. The molecule has 140 valence electrons. The van der Waals surface area contributed by atoms with Crippen molar-refractivity contribution in [3.63, 3.8) is 0 Å². The topological polar surface area (TPSA) is 119 Å². The third-order valence-corrected chi connectivity index (χ3v) is 4.42. The lowest BCUT2D eigenvalue weighted by atomic mass is 10.3. The van der Waals surface area contributed by atoms with Gasteiger partial charge in [0.25, 0.3) is 5.56 Å². The number of nitrogens with zero attached hydrogens (tertiary/aromatic N) is 3. The fourth-order valence-electron chi connectivity index (χ4n) is 2.32. The monoisotopic (exact) mass is 387 g/mol. The highest BCUT2D eigenvalue weighted by molar-refractivity contribution is 7.13. The molecule has 0 aliphatic heterocycles. The van der Waals surface area contributed by atoms with Crippen LogP contribution in [0.4, 0.5) is 5.82 Å². The number of aryl methyl sites for hydroxylation is 1. The van der Waals surface area contributed by atoms with Gasteiger partial charge in [-0.3, -0.25) is 14.6 Å². The van der Waals surface area contributed by atoms with E-state index < -0.39 is 11.9 Å². The fraction of sp³-hybridized carbons (Fsp3) is 0.235. The number of anilines is 1. The molecule has 10 heteroatoms. The number of carbonyl (C=O) groups is 2. The summed E-state index contributed by atoms with van der Waals surface area (Å²) in [4.78, 5) is 43.4. The fourth-order valence-corrected chi connectivity index (χ4v) is 3.00. The number of hydrogen-bond acceptors (Lipinski definition) is 7. The van der Waals surface area contributed by atoms with Crippen LogP contribution in [0.2, 0.25) is 0 Å². The molecule has 0 saturated heterocycles. The molecule has 3 aromatic heterocycles. The van der Waals surface area contributed by atoms with E-state index in [0.29, 0.717) is 17.8 Å². The summed E-state index contributed by atoms with van der Waals surface area (Å²) in [5.74, 6) is -1.62. The number of esters is 1. The summed E-state index contributed by atoms with van der Waals surface area (Å²) < 4.78 is 5.99. The van der Waals surface area contributed by atoms with Gasteiger partial charge in [0.2, 0.25) is 5.95 Å². The van der Waals surface area contributed by atoms with Crippen molar-refractivity contribution in [2.24, 2.45) is 0 Å². The van der Waals surface area contributed by atoms with Crippen molar-refractivity contribution in [1.29, 1.82) is 0 Å². The predicted octanol–water partition coefficient (Wildman–Crippen LogP) is 1.75. The van der Waals surface area contributed by atoms with Crippen molar-refractivity contribution < 1.29 is 14.3 Å². The Morgan fingerprint density at radius 1 is 1.33 bits per heavy atom. The van der Waals surface area contributed by atoms with Gasteiger partial charge in [-0.05, 0) is 24.8 Å². The molecule has 0 aliphatic rings. The lowest BCUT2D eigenvalue weighted by Crippen LogP contribution is -2.26. The van der Waals surface area contributed by atoms with Gasteiger partial charge in [0.05, 0.1) is 11.5 Å². The second kappa shape index (κ2) is 7.96. The molecule has 9 nitrogen and oxygen atoms in total. The zero-order valence-electron chi connectivity index (χ0n) is 14.7. The minimum Gasteiger partial charge on any atom is -0.459 e. The lowest BCUT2D eigenvalue weighted by molar-refractivity contribution is -0.152. The van der Waals surface area contributed by atoms with E-state index in [1.165, 1.54) is 22.1 Å². The smallest absolute Gasteiger partial charge is 0.397 e. The van der Waals surface area contributed by atoms with Crippen LogP contribution in [0, 0.1) is 0 Å². The first-order chi connectivity index (χ1) is 13.0. The number of nitrogens with one attached hydrogen (secondary N) is 2. The number of aromatic amines is 1. The average Bonchev–Trinajstić information content (AvgIpc) is 3.31. The van der Waals surface area contributed by atoms with Gasteiger partial charge < -0.3 is 10.1 Å². The maximum atomic E-state index is 12.1. The first-order valence-corrected chi connectivity index (χ1v) is 9.12. The Kier molecular flexibility index (Phi) is 5.46. The molecule has 2 N–H and O–H groups in total. The van der Waals surface area contributed by atoms with Crippen molar-refractivity contribution in [2.45, 2.75) is 20.3 Å². The molecule has 0 radical (unpaired) electrons. The first kappa shape index (κ1) is 18.5. The minimum atomic E-state index is -1.01. The number of H-pyrrole nitrogens is 1. The Morgan fingerprint density at radius 2 is 2.15 bits per heavy atom. The van der Waals surface area contributed by atoms with Crippen molar-refractivity contribution in [3.05, 3.63) is 45.7 Å². The molecule has 3 heterocycles. The molecule has 0 aromatic carbocycles. The molecule has 0 fully saturated rings. The van der Waals surface area contributed by atoms with Gasteiger partial charge in [0.15, 0.2) is 0 Å². The van der Waals surface area contributed by atoms with Crippen molar-refractivity contribution in [2.75, 3.05) is 11.9 Å². The number of thiophene rings is 1. The molecular formula is C17H17N5O4S. The van der Waals surface area contributed by atoms with E-state index in [1.807, 2.05) is 24.4 Å². The van der Waals surface area contributed by atoms with E-state index >= 15 is 0 Å². The second-order valence-electron chi connectivity index (χ2n) is 5.39. The number of amides is 1. The van der Waals surface area contributed by atoms with Crippen LogP contribution in [0.5, 0.6) is 0 Å². The first-order valence-electron chi connectivity index (χ1n) is 8.24. The Labute approximate surface area is 158 Å². The number of aromatic nitrogens is 4. The summed E-state index contributed by atoms with van der Waals surface area (Å²) in [7, 11) is 0. The molecule has 3 rings (SSSR count). The standard InChI is InChI=1S/C17H17N5O4S/c1-3-10-8-14(23)20-17(18-10)22-13(19-15(24)16(25)26-4-2)9-11(21-22)12-6-5-7-27-12/h5-9H,3-4H2,1-2H3,(H,19,24)(H,18,20,23). The maximum Gasteiger partial charge on any atom is 0.397 e. The van der Waals surface area contributed by atoms with Gasteiger partial charge in [0.1, 0.15) is 11.5 Å². The highest BCUT2D eigenvalue weighted by Gasteiger charge is 2.20. The number of rotatable bonds is 5. The quantitative estimate of drug-likeness (QED) is 0.508. The SMILES string of the molecule is CCOC(=O)C(=O)Nc1cc(-c2cccs2)nn1-c1nc(CC)cc(=O)[nH]1. The van der Waals surface area contributed by atoms with E-state index in [9.17, 15) is 14.4 Å². The van der Waals surface area contributed by atoms with E-state index in [1.54, 1.807) is 13.0 Å². The Hall–Kier alpha value is -3.27. The van der Waals surface area contributed by atoms with Crippen LogP contribution in [0.25, 0.3) is 16.5 Å². The van der Waals surface area contributed by atoms with E-state index in [4.69, 9.17) is 4.74 Å². The molecule has 0 bridgehead atoms. The number of hydrogen-bond donors (Lipinski definition) is 2. The van der Waals surface area contributed by atoms with Crippen LogP contribution < -0.4 is 10.9 Å². The molecular weight excluding hydrogens is 370 g/mol. The summed E-state index contributed by atoms with van der Waals surface area (Å²) in [5, 5.41) is 8.78. The molecule has 0 unspecified atom stereocenters. The molecule has 3 aromatic rings.